The number of benzene rings is 1. The predicted molar refractivity (Wildman–Crippen MR) is 64.4 cm³/mol. The number of hydrazine groups is 1. The number of fused-ring (bicyclic) bond motifs is 1. The van der Waals surface area contributed by atoms with Gasteiger partial charge in [-0.25, -0.2) is 10.9 Å². The second-order valence-electron chi connectivity index (χ2n) is 3.27. The maximum absolute atomic E-state index is 5.25. The van der Waals surface area contributed by atoms with E-state index in [4.69, 9.17) is 18.1 Å². The van der Waals surface area contributed by atoms with Crippen LogP contribution < -0.4 is 11.3 Å². The number of hydrogen-bond donors (Lipinski definition) is 2. The maximum atomic E-state index is 5.25. The summed E-state index contributed by atoms with van der Waals surface area (Å²) in [6.07, 6.45) is 2.73. The van der Waals surface area contributed by atoms with E-state index in [9.17, 15) is 0 Å². The number of rotatable bonds is 0. The van der Waals surface area contributed by atoms with E-state index in [1.165, 1.54) is 5.56 Å². The van der Waals surface area contributed by atoms with Crippen molar-refractivity contribution in [2.75, 3.05) is 6.54 Å². The molecule has 78 valence electrons. The largest absolute Gasteiger partial charge is 0.299 e. The van der Waals surface area contributed by atoms with E-state index in [0.717, 1.165) is 18.5 Å². The second-order valence-corrected chi connectivity index (χ2v) is 3.65. The minimum atomic E-state index is 0.444. The third kappa shape index (κ3) is 2.14. The van der Waals surface area contributed by atoms with Crippen molar-refractivity contribution >= 4 is 23.5 Å². The van der Waals surface area contributed by atoms with Gasteiger partial charge in [0.2, 0.25) is 5.11 Å². The van der Waals surface area contributed by atoms with Crippen LogP contribution in [0.3, 0.4) is 0 Å². The molecule has 1 aliphatic heterocycles. The molecule has 0 aliphatic carbocycles. The van der Waals surface area contributed by atoms with Gasteiger partial charge in [-0.2, -0.15) is 5.10 Å². The van der Waals surface area contributed by atoms with Crippen LogP contribution in [0, 0.1) is 0 Å². The smallest absolute Gasteiger partial charge is 0.203 e. The van der Waals surface area contributed by atoms with E-state index >= 15 is 0 Å². The highest BCUT2D eigenvalue weighted by atomic mass is 32.1. The molecule has 0 fully saturated rings. The number of thiocarbonyl (C=S) groups is 1. The van der Waals surface area contributed by atoms with Gasteiger partial charge < -0.3 is 0 Å². The topological polar surface area (TPSA) is 53.6 Å². The number of nitrogens with two attached hydrogens (primary N) is 1. The molecule has 1 aromatic carbocycles. The summed E-state index contributed by atoms with van der Waals surface area (Å²) in [6, 6.07) is 8.17. The molecule has 0 saturated heterocycles. The second kappa shape index (κ2) is 4.37. The third-order valence-corrected chi connectivity index (χ3v) is 2.67. The molecule has 15 heavy (non-hydrogen) atoms. The molecule has 1 aromatic rings. The Hall–Kier alpha value is -1.46. The number of hydrazone groups is 1. The Morgan fingerprint density at radius 1 is 1.47 bits per heavy atom. The van der Waals surface area contributed by atoms with Crippen molar-refractivity contribution in [1.29, 1.82) is 0 Å². The van der Waals surface area contributed by atoms with Crippen molar-refractivity contribution in [1.82, 2.24) is 10.4 Å². The van der Waals surface area contributed by atoms with Crippen molar-refractivity contribution in [3.8, 4) is 0 Å². The van der Waals surface area contributed by atoms with Crippen molar-refractivity contribution in [3.63, 3.8) is 0 Å². The van der Waals surface area contributed by atoms with Crippen LogP contribution in [0.25, 0.3) is 0 Å². The summed E-state index contributed by atoms with van der Waals surface area (Å²) in [7, 11) is 0. The van der Waals surface area contributed by atoms with Crippen LogP contribution in [-0.4, -0.2) is 22.9 Å². The van der Waals surface area contributed by atoms with Crippen LogP contribution in [0.5, 0.6) is 0 Å². The summed E-state index contributed by atoms with van der Waals surface area (Å²) in [6.45, 7) is 0.747. The highest BCUT2D eigenvalue weighted by Crippen LogP contribution is 2.11. The monoisotopic (exact) mass is 220 g/mol. The molecule has 0 radical (unpaired) electrons. The van der Waals surface area contributed by atoms with Crippen LogP contribution in [-0.2, 0) is 6.42 Å². The van der Waals surface area contributed by atoms with Crippen LogP contribution in [0.2, 0.25) is 0 Å². The van der Waals surface area contributed by atoms with Crippen LogP contribution in [0.4, 0.5) is 0 Å². The molecule has 3 N–H and O–H groups in total. The van der Waals surface area contributed by atoms with Gasteiger partial charge in [0, 0.05) is 6.54 Å². The van der Waals surface area contributed by atoms with Crippen molar-refractivity contribution in [2.24, 2.45) is 10.9 Å². The molecular formula is C10H12N4S. The fraction of sp³-hybridized carbons (Fsp3) is 0.200. The maximum Gasteiger partial charge on any atom is 0.203 e. The van der Waals surface area contributed by atoms with Gasteiger partial charge in [-0.05, 0) is 29.8 Å². The van der Waals surface area contributed by atoms with Crippen LogP contribution >= 0.6 is 12.2 Å². The Morgan fingerprint density at radius 3 is 3.07 bits per heavy atom. The fourth-order valence-electron chi connectivity index (χ4n) is 1.53. The SMILES string of the molecule is NNC(=S)N1CCc2ccccc2C=N1. The van der Waals surface area contributed by atoms with Gasteiger partial charge in [0.05, 0.1) is 6.21 Å². The zero-order valence-corrected chi connectivity index (χ0v) is 9.00. The standard InChI is InChI=1S/C10H12N4S/c11-13-10(15)14-6-5-8-3-1-2-4-9(8)7-12-14/h1-4,7H,5-6,11H2,(H,13,15). The molecular weight excluding hydrogens is 208 g/mol. The molecule has 0 saturated carbocycles. The first kappa shape index (κ1) is 10.1. The van der Waals surface area contributed by atoms with Gasteiger partial charge in [-0.1, -0.05) is 24.3 Å². The number of nitrogens with zero attached hydrogens (tertiary/aromatic N) is 2. The minimum Gasteiger partial charge on any atom is -0.299 e. The molecule has 1 aliphatic rings. The number of nitrogens with one attached hydrogen (secondary N) is 1. The lowest BCUT2D eigenvalue weighted by Gasteiger charge is -2.16. The molecule has 4 nitrogen and oxygen atoms in total. The Morgan fingerprint density at radius 2 is 2.27 bits per heavy atom. The molecule has 0 bridgehead atoms. The minimum absolute atomic E-state index is 0.444. The van der Waals surface area contributed by atoms with E-state index in [0.29, 0.717) is 5.11 Å². The summed E-state index contributed by atoms with van der Waals surface area (Å²) in [5.41, 5.74) is 4.85. The normalized spacial score (nSPS) is 14.3. The molecule has 2 rings (SSSR count). The fourth-order valence-corrected chi connectivity index (χ4v) is 1.67. The highest BCUT2D eigenvalue weighted by Gasteiger charge is 2.11. The molecule has 0 aromatic heterocycles. The lowest BCUT2D eigenvalue weighted by molar-refractivity contribution is 0.447. The summed E-state index contributed by atoms with van der Waals surface area (Å²) in [5.74, 6) is 5.25. The molecule has 1 heterocycles. The van der Waals surface area contributed by atoms with Gasteiger partial charge in [0.25, 0.3) is 0 Å². The summed E-state index contributed by atoms with van der Waals surface area (Å²) < 4.78 is 0. The lowest BCUT2D eigenvalue weighted by atomic mass is 10.1. The zero-order chi connectivity index (χ0) is 10.7. The predicted octanol–water partition coefficient (Wildman–Crippen LogP) is 0.627. The summed E-state index contributed by atoms with van der Waals surface area (Å²) in [4.78, 5) is 0. The quantitative estimate of drug-likeness (QED) is 0.382. The first-order valence-corrected chi connectivity index (χ1v) is 5.12. The van der Waals surface area contributed by atoms with Crippen molar-refractivity contribution in [3.05, 3.63) is 35.4 Å². The van der Waals surface area contributed by atoms with Crippen molar-refractivity contribution < 1.29 is 0 Å². The summed E-state index contributed by atoms with van der Waals surface area (Å²) in [5, 5.41) is 6.39. The highest BCUT2D eigenvalue weighted by molar-refractivity contribution is 7.80. The Labute approximate surface area is 93.7 Å². The number of hydrogen-bond acceptors (Lipinski definition) is 3. The lowest BCUT2D eigenvalue weighted by Crippen LogP contribution is -2.40. The van der Waals surface area contributed by atoms with E-state index in [-0.39, 0.29) is 0 Å². The average molecular weight is 220 g/mol. The van der Waals surface area contributed by atoms with Crippen LogP contribution in [0.1, 0.15) is 11.1 Å². The third-order valence-electron chi connectivity index (χ3n) is 2.34. The molecule has 0 unspecified atom stereocenters. The first-order valence-electron chi connectivity index (χ1n) is 4.71. The molecule has 0 spiro atoms. The summed E-state index contributed by atoms with van der Waals surface area (Å²) >= 11 is 5.02. The Bertz CT molecular complexity index is 402. The molecule has 0 amide bonds. The van der Waals surface area contributed by atoms with E-state index in [1.54, 1.807) is 5.01 Å². The van der Waals surface area contributed by atoms with Gasteiger partial charge in [0.15, 0.2) is 0 Å². The first-order chi connectivity index (χ1) is 7.31. The van der Waals surface area contributed by atoms with E-state index < -0.39 is 0 Å². The van der Waals surface area contributed by atoms with Gasteiger partial charge in [-0.3, -0.25) is 5.43 Å². The average Bonchev–Trinajstić information content (AvgIpc) is 2.50. The molecule has 5 heteroatoms. The van der Waals surface area contributed by atoms with Gasteiger partial charge in [0.1, 0.15) is 0 Å². The van der Waals surface area contributed by atoms with Gasteiger partial charge >= 0.3 is 0 Å². The van der Waals surface area contributed by atoms with Crippen LogP contribution in [0.15, 0.2) is 29.4 Å². The van der Waals surface area contributed by atoms with E-state index in [2.05, 4.69) is 16.6 Å². The van der Waals surface area contributed by atoms with Gasteiger partial charge in [-0.15, -0.1) is 0 Å². The Balaban J connectivity index is 2.22. The molecule has 0 atom stereocenters. The van der Waals surface area contributed by atoms with E-state index in [1.807, 2.05) is 24.4 Å². The van der Waals surface area contributed by atoms with Crippen molar-refractivity contribution in [2.45, 2.75) is 6.42 Å². The Kier molecular flexibility index (Phi) is 2.94. The zero-order valence-electron chi connectivity index (χ0n) is 8.18.